The number of benzene rings is 2. The van der Waals surface area contributed by atoms with E-state index in [2.05, 4.69) is 4.72 Å². The predicted molar refractivity (Wildman–Crippen MR) is 86.1 cm³/mol. The molecule has 1 N–H and O–H groups in total. The van der Waals surface area contributed by atoms with Gasteiger partial charge in [-0.25, -0.2) is 13.1 Å². The predicted octanol–water partition coefficient (Wildman–Crippen LogP) is 4.00. The van der Waals surface area contributed by atoms with Gasteiger partial charge in [-0.2, -0.15) is 0 Å². The Balaban J connectivity index is 2.33. The Morgan fingerprint density at radius 1 is 1.10 bits per heavy atom. The van der Waals surface area contributed by atoms with E-state index >= 15 is 0 Å². The van der Waals surface area contributed by atoms with Gasteiger partial charge < -0.3 is 0 Å². The SMILES string of the molecule is Cc1ccc(C)c(C(C)NS(=O)(=O)c2ccccc2Cl)c1. The van der Waals surface area contributed by atoms with Gasteiger partial charge in [-0.1, -0.05) is 47.5 Å². The van der Waals surface area contributed by atoms with Gasteiger partial charge in [-0.3, -0.25) is 0 Å². The topological polar surface area (TPSA) is 46.2 Å². The average Bonchev–Trinajstić information content (AvgIpc) is 2.41. The lowest BCUT2D eigenvalue weighted by molar-refractivity contribution is 0.566. The lowest BCUT2D eigenvalue weighted by atomic mass is 10.0. The number of sulfonamides is 1. The van der Waals surface area contributed by atoms with Crippen LogP contribution in [0, 0.1) is 13.8 Å². The van der Waals surface area contributed by atoms with Gasteiger partial charge >= 0.3 is 0 Å². The molecule has 1 atom stereocenters. The van der Waals surface area contributed by atoms with Crippen molar-refractivity contribution >= 4 is 21.6 Å². The van der Waals surface area contributed by atoms with E-state index in [4.69, 9.17) is 11.6 Å². The number of halogens is 1. The number of hydrogen-bond acceptors (Lipinski definition) is 2. The van der Waals surface area contributed by atoms with Crippen LogP contribution >= 0.6 is 11.6 Å². The monoisotopic (exact) mass is 323 g/mol. The lowest BCUT2D eigenvalue weighted by Crippen LogP contribution is -2.27. The molecule has 1 unspecified atom stereocenters. The molecule has 0 saturated heterocycles. The van der Waals surface area contributed by atoms with Crippen molar-refractivity contribution in [1.29, 1.82) is 0 Å². The molecule has 0 aliphatic rings. The van der Waals surface area contributed by atoms with Crippen LogP contribution in [0.5, 0.6) is 0 Å². The van der Waals surface area contributed by atoms with Crippen molar-refractivity contribution in [2.75, 3.05) is 0 Å². The Bertz CT molecular complexity index is 757. The normalized spacial score (nSPS) is 13.1. The summed E-state index contributed by atoms with van der Waals surface area (Å²) in [5.74, 6) is 0. The van der Waals surface area contributed by atoms with Crippen molar-refractivity contribution in [3.8, 4) is 0 Å². The first-order valence-corrected chi connectivity index (χ1v) is 8.51. The van der Waals surface area contributed by atoms with Crippen LogP contribution in [0.4, 0.5) is 0 Å². The van der Waals surface area contributed by atoms with E-state index in [-0.39, 0.29) is 16.0 Å². The quantitative estimate of drug-likeness (QED) is 0.924. The molecule has 0 aromatic heterocycles. The fraction of sp³-hybridized carbons (Fsp3) is 0.250. The van der Waals surface area contributed by atoms with E-state index in [1.165, 1.54) is 6.07 Å². The van der Waals surface area contributed by atoms with Gasteiger partial charge in [0.1, 0.15) is 4.90 Å². The number of hydrogen-bond donors (Lipinski definition) is 1. The molecule has 0 heterocycles. The molecule has 112 valence electrons. The minimum Gasteiger partial charge on any atom is -0.207 e. The highest BCUT2D eigenvalue weighted by Gasteiger charge is 2.21. The van der Waals surface area contributed by atoms with Crippen LogP contribution in [0.3, 0.4) is 0 Å². The third kappa shape index (κ3) is 3.64. The van der Waals surface area contributed by atoms with Gasteiger partial charge in [-0.15, -0.1) is 0 Å². The van der Waals surface area contributed by atoms with E-state index < -0.39 is 10.0 Å². The summed E-state index contributed by atoms with van der Waals surface area (Å²) in [4.78, 5) is 0.101. The van der Waals surface area contributed by atoms with E-state index in [1.54, 1.807) is 18.2 Å². The van der Waals surface area contributed by atoms with Gasteiger partial charge in [0.15, 0.2) is 0 Å². The van der Waals surface area contributed by atoms with E-state index in [0.29, 0.717) is 0 Å². The first-order chi connectivity index (χ1) is 9.81. The second-order valence-corrected chi connectivity index (χ2v) is 7.22. The molecule has 2 aromatic rings. The molecule has 0 spiro atoms. The number of nitrogens with one attached hydrogen (secondary N) is 1. The third-order valence-electron chi connectivity index (χ3n) is 3.36. The summed E-state index contributed by atoms with van der Waals surface area (Å²) >= 11 is 5.98. The van der Waals surface area contributed by atoms with Crippen LogP contribution in [0.1, 0.15) is 29.7 Å². The van der Waals surface area contributed by atoms with Crippen LogP contribution in [0.25, 0.3) is 0 Å². The van der Waals surface area contributed by atoms with Crippen LogP contribution in [-0.4, -0.2) is 8.42 Å². The first-order valence-electron chi connectivity index (χ1n) is 6.65. The standard InChI is InChI=1S/C16H18ClNO2S/c1-11-8-9-12(2)14(10-11)13(3)18-21(19,20)16-7-5-4-6-15(16)17/h4-10,13,18H,1-3H3. The summed E-state index contributed by atoms with van der Waals surface area (Å²) in [7, 11) is -3.65. The molecule has 21 heavy (non-hydrogen) atoms. The summed E-state index contributed by atoms with van der Waals surface area (Å²) < 4.78 is 27.6. The number of rotatable bonds is 4. The molecule has 0 bridgehead atoms. The molecule has 0 aliphatic carbocycles. The van der Waals surface area contributed by atoms with Gasteiger partial charge in [-0.05, 0) is 44.0 Å². The van der Waals surface area contributed by atoms with Gasteiger partial charge in [0, 0.05) is 6.04 Å². The van der Waals surface area contributed by atoms with Crippen LogP contribution in [0.2, 0.25) is 5.02 Å². The molecule has 0 radical (unpaired) electrons. The fourth-order valence-electron chi connectivity index (χ4n) is 2.25. The Hall–Kier alpha value is -1.36. The molecular formula is C16H18ClNO2S. The largest absolute Gasteiger partial charge is 0.242 e. The van der Waals surface area contributed by atoms with Crippen molar-refractivity contribution in [2.24, 2.45) is 0 Å². The molecule has 3 nitrogen and oxygen atoms in total. The Labute approximate surface area is 131 Å². The van der Waals surface area contributed by atoms with Gasteiger partial charge in [0.2, 0.25) is 10.0 Å². The van der Waals surface area contributed by atoms with Crippen molar-refractivity contribution in [2.45, 2.75) is 31.7 Å². The number of aryl methyl sites for hydroxylation is 2. The highest BCUT2D eigenvalue weighted by molar-refractivity contribution is 7.89. The van der Waals surface area contributed by atoms with Gasteiger partial charge in [0.05, 0.1) is 5.02 Å². The molecule has 0 aliphatic heterocycles. The smallest absolute Gasteiger partial charge is 0.207 e. The van der Waals surface area contributed by atoms with Crippen molar-refractivity contribution in [3.05, 3.63) is 64.2 Å². The van der Waals surface area contributed by atoms with E-state index in [1.807, 2.05) is 39.0 Å². The zero-order valence-corrected chi connectivity index (χ0v) is 13.8. The molecule has 2 rings (SSSR count). The maximum atomic E-state index is 12.4. The Morgan fingerprint density at radius 3 is 2.43 bits per heavy atom. The molecule has 5 heteroatoms. The molecule has 0 fully saturated rings. The lowest BCUT2D eigenvalue weighted by Gasteiger charge is -2.18. The van der Waals surface area contributed by atoms with E-state index in [0.717, 1.165) is 16.7 Å². The summed E-state index contributed by atoms with van der Waals surface area (Å²) in [6, 6.07) is 12.1. The Morgan fingerprint density at radius 2 is 1.76 bits per heavy atom. The Kier molecular flexibility index (Phi) is 4.71. The van der Waals surface area contributed by atoms with Crippen molar-refractivity contribution in [3.63, 3.8) is 0 Å². The zero-order valence-electron chi connectivity index (χ0n) is 12.2. The molecule has 2 aromatic carbocycles. The van der Waals surface area contributed by atoms with Crippen molar-refractivity contribution < 1.29 is 8.42 Å². The summed E-state index contributed by atoms with van der Waals surface area (Å²) in [6.45, 7) is 5.78. The van der Waals surface area contributed by atoms with Gasteiger partial charge in [0.25, 0.3) is 0 Å². The molecule has 0 amide bonds. The maximum Gasteiger partial charge on any atom is 0.242 e. The zero-order chi connectivity index (χ0) is 15.6. The third-order valence-corrected chi connectivity index (χ3v) is 5.40. The van der Waals surface area contributed by atoms with Crippen LogP contribution in [0.15, 0.2) is 47.4 Å². The second kappa shape index (κ2) is 6.18. The second-order valence-electron chi connectivity index (χ2n) is 5.13. The minimum atomic E-state index is -3.65. The fourth-order valence-corrected chi connectivity index (χ4v) is 3.99. The summed E-state index contributed by atoms with van der Waals surface area (Å²) in [5, 5.41) is 0.221. The molecular weight excluding hydrogens is 306 g/mol. The van der Waals surface area contributed by atoms with Crippen molar-refractivity contribution in [1.82, 2.24) is 4.72 Å². The summed E-state index contributed by atoms with van der Waals surface area (Å²) in [5.41, 5.74) is 3.11. The average molecular weight is 324 g/mol. The highest BCUT2D eigenvalue weighted by atomic mass is 35.5. The minimum absolute atomic E-state index is 0.101. The highest BCUT2D eigenvalue weighted by Crippen LogP contribution is 2.24. The van der Waals surface area contributed by atoms with Crippen LogP contribution < -0.4 is 4.72 Å². The maximum absolute atomic E-state index is 12.4. The molecule has 0 saturated carbocycles. The van der Waals surface area contributed by atoms with Crippen LogP contribution in [-0.2, 0) is 10.0 Å². The first kappa shape index (κ1) is 16.0. The van der Waals surface area contributed by atoms with E-state index in [9.17, 15) is 8.42 Å². The summed E-state index contributed by atoms with van der Waals surface area (Å²) in [6.07, 6.45) is 0.